The Hall–Kier alpha value is -3.54. The number of aromatic amines is 1. The maximum Gasteiger partial charge on any atom is 0.162 e. The maximum absolute atomic E-state index is 5.37. The van der Waals surface area contributed by atoms with E-state index in [-0.39, 0.29) is 0 Å². The quantitative estimate of drug-likeness (QED) is 0.540. The van der Waals surface area contributed by atoms with Gasteiger partial charge in [0.25, 0.3) is 0 Å². The molecule has 4 aromatic rings. The van der Waals surface area contributed by atoms with E-state index in [9.17, 15) is 0 Å². The number of nitrogens with zero attached hydrogens (tertiary/aromatic N) is 2. The summed E-state index contributed by atoms with van der Waals surface area (Å²) in [6.07, 6.45) is 1.75. The standard InChI is InChI=1S/C21H20N4O2/c1-13-5-4-6-14(11-13)20-24-16-9-10-22-21(19(16)25-20)23-15-7-8-17(26-2)18(12-15)27-3/h4-12H,1-3H3,(H,22,23)(H,24,25). The lowest BCUT2D eigenvalue weighted by atomic mass is 10.1. The van der Waals surface area contributed by atoms with E-state index in [0.717, 1.165) is 28.1 Å². The predicted molar refractivity (Wildman–Crippen MR) is 107 cm³/mol. The van der Waals surface area contributed by atoms with Crippen LogP contribution < -0.4 is 14.8 Å². The first-order valence-corrected chi connectivity index (χ1v) is 8.59. The van der Waals surface area contributed by atoms with Gasteiger partial charge in [-0.15, -0.1) is 0 Å². The number of H-pyrrole nitrogens is 1. The highest BCUT2D eigenvalue weighted by molar-refractivity contribution is 5.90. The first-order chi connectivity index (χ1) is 13.2. The van der Waals surface area contributed by atoms with Crippen LogP contribution in [0.3, 0.4) is 0 Å². The molecule has 0 aliphatic carbocycles. The molecule has 27 heavy (non-hydrogen) atoms. The molecule has 0 unspecified atom stereocenters. The van der Waals surface area contributed by atoms with Crippen LogP contribution in [0.15, 0.2) is 54.7 Å². The first kappa shape index (κ1) is 16.9. The van der Waals surface area contributed by atoms with Crippen molar-refractivity contribution in [3.63, 3.8) is 0 Å². The molecule has 0 radical (unpaired) electrons. The Morgan fingerprint density at radius 2 is 1.81 bits per heavy atom. The fraction of sp³-hybridized carbons (Fsp3) is 0.143. The molecule has 2 N–H and O–H groups in total. The van der Waals surface area contributed by atoms with Gasteiger partial charge in [-0.25, -0.2) is 9.97 Å². The SMILES string of the molecule is COc1ccc(Nc2nccc3[nH]c(-c4cccc(C)c4)nc23)cc1OC. The van der Waals surface area contributed by atoms with Crippen LogP contribution in [0.4, 0.5) is 11.5 Å². The zero-order chi connectivity index (χ0) is 18.8. The van der Waals surface area contributed by atoms with E-state index in [1.807, 2.05) is 36.4 Å². The van der Waals surface area contributed by atoms with Crippen LogP contribution in [0, 0.1) is 6.92 Å². The van der Waals surface area contributed by atoms with E-state index in [0.29, 0.717) is 17.3 Å². The molecule has 0 fully saturated rings. The van der Waals surface area contributed by atoms with Gasteiger partial charge in [-0.05, 0) is 31.2 Å². The van der Waals surface area contributed by atoms with Crippen LogP contribution in [0.2, 0.25) is 0 Å². The normalized spacial score (nSPS) is 10.8. The molecule has 0 spiro atoms. The summed E-state index contributed by atoms with van der Waals surface area (Å²) in [5.41, 5.74) is 4.78. The Kier molecular flexibility index (Phi) is 4.38. The van der Waals surface area contributed by atoms with Crippen molar-refractivity contribution in [3.05, 3.63) is 60.3 Å². The maximum atomic E-state index is 5.37. The zero-order valence-corrected chi connectivity index (χ0v) is 15.4. The van der Waals surface area contributed by atoms with Crippen LogP contribution in [0.5, 0.6) is 11.5 Å². The first-order valence-electron chi connectivity index (χ1n) is 8.59. The van der Waals surface area contributed by atoms with Gasteiger partial charge in [-0.1, -0.05) is 23.8 Å². The van der Waals surface area contributed by atoms with Gasteiger partial charge < -0.3 is 19.8 Å². The second kappa shape index (κ2) is 6.99. The second-order valence-electron chi connectivity index (χ2n) is 6.21. The summed E-state index contributed by atoms with van der Waals surface area (Å²) in [5.74, 6) is 2.82. The summed E-state index contributed by atoms with van der Waals surface area (Å²) in [7, 11) is 3.23. The molecule has 2 aromatic heterocycles. The van der Waals surface area contributed by atoms with Gasteiger partial charge in [0.1, 0.15) is 11.3 Å². The van der Waals surface area contributed by atoms with Crippen molar-refractivity contribution >= 4 is 22.5 Å². The minimum absolute atomic E-state index is 0.650. The fourth-order valence-corrected chi connectivity index (χ4v) is 3.01. The van der Waals surface area contributed by atoms with Gasteiger partial charge >= 0.3 is 0 Å². The summed E-state index contributed by atoms with van der Waals surface area (Å²) in [6.45, 7) is 2.07. The van der Waals surface area contributed by atoms with E-state index >= 15 is 0 Å². The summed E-state index contributed by atoms with van der Waals surface area (Å²) in [4.78, 5) is 12.6. The lowest BCUT2D eigenvalue weighted by Crippen LogP contribution is -1.96. The van der Waals surface area contributed by atoms with Gasteiger partial charge in [-0.3, -0.25) is 0 Å². The third-order valence-electron chi connectivity index (χ3n) is 4.34. The molecule has 0 aliphatic heterocycles. The van der Waals surface area contributed by atoms with Gasteiger partial charge in [0.05, 0.1) is 19.7 Å². The van der Waals surface area contributed by atoms with E-state index < -0.39 is 0 Å². The molecule has 0 aliphatic rings. The van der Waals surface area contributed by atoms with Crippen LogP contribution in [-0.4, -0.2) is 29.2 Å². The molecular formula is C21H20N4O2. The smallest absolute Gasteiger partial charge is 0.162 e. The Morgan fingerprint density at radius 1 is 0.963 bits per heavy atom. The fourth-order valence-electron chi connectivity index (χ4n) is 3.01. The Morgan fingerprint density at radius 3 is 2.59 bits per heavy atom. The minimum Gasteiger partial charge on any atom is -0.493 e. The summed E-state index contributed by atoms with van der Waals surface area (Å²) in [5, 5.41) is 3.32. The summed E-state index contributed by atoms with van der Waals surface area (Å²) < 4.78 is 10.7. The molecule has 0 atom stereocenters. The van der Waals surface area contributed by atoms with Crippen LogP contribution >= 0.6 is 0 Å². The molecule has 6 nitrogen and oxygen atoms in total. The molecule has 0 saturated carbocycles. The van der Waals surface area contributed by atoms with E-state index in [4.69, 9.17) is 14.5 Å². The number of pyridine rings is 1. The number of anilines is 2. The molecule has 136 valence electrons. The monoisotopic (exact) mass is 360 g/mol. The van der Waals surface area contributed by atoms with Crippen molar-refractivity contribution in [3.8, 4) is 22.9 Å². The number of aryl methyl sites for hydroxylation is 1. The van der Waals surface area contributed by atoms with Gasteiger partial charge in [0.15, 0.2) is 17.3 Å². The topological polar surface area (TPSA) is 72.1 Å². The van der Waals surface area contributed by atoms with Crippen LogP contribution in [-0.2, 0) is 0 Å². The number of aromatic nitrogens is 3. The third-order valence-corrected chi connectivity index (χ3v) is 4.34. The number of nitrogens with one attached hydrogen (secondary N) is 2. The summed E-state index contributed by atoms with van der Waals surface area (Å²) in [6, 6.07) is 15.8. The molecule has 0 bridgehead atoms. The third kappa shape index (κ3) is 3.29. The number of ether oxygens (including phenoxy) is 2. The number of fused-ring (bicyclic) bond motifs is 1. The van der Waals surface area contributed by atoms with Crippen LogP contribution in [0.25, 0.3) is 22.4 Å². The van der Waals surface area contributed by atoms with E-state index in [1.165, 1.54) is 5.56 Å². The largest absolute Gasteiger partial charge is 0.493 e. The lowest BCUT2D eigenvalue weighted by molar-refractivity contribution is 0.355. The van der Waals surface area contributed by atoms with Gasteiger partial charge in [0, 0.05) is 23.5 Å². The molecule has 2 aromatic carbocycles. The highest BCUT2D eigenvalue weighted by atomic mass is 16.5. The van der Waals surface area contributed by atoms with Gasteiger partial charge in [-0.2, -0.15) is 0 Å². The van der Waals surface area contributed by atoms with Gasteiger partial charge in [0.2, 0.25) is 0 Å². The van der Waals surface area contributed by atoms with Crippen molar-refractivity contribution < 1.29 is 9.47 Å². The minimum atomic E-state index is 0.650. The highest BCUT2D eigenvalue weighted by Gasteiger charge is 2.12. The predicted octanol–water partition coefficient (Wildman–Crippen LogP) is 4.69. The highest BCUT2D eigenvalue weighted by Crippen LogP contribution is 2.32. The second-order valence-corrected chi connectivity index (χ2v) is 6.21. The van der Waals surface area contributed by atoms with Crippen molar-refractivity contribution in [1.29, 1.82) is 0 Å². The van der Waals surface area contributed by atoms with E-state index in [2.05, 4.69) is 34.3 Å². The van der Waals surface area contributed by atoms with Crippen LogP contribution in [0.1, 0.15) is 5.56 Å². The number of imidazole rings is 1. The van der Waals surface area contributed by atoms with Crippen molar-refractivity contribution in [2.75, 3.05) is 19.5 Å². The Balaban J connectivity index is 1.72. The number of hydrogen-bond donors (Lipinski definition) is 2. The van der Waals surface area contributed by atoms with Crippen molar-refractivity contribution in [2.24, 2.45) is 0 Å². The van der Waals surface area contributed by atoms with Crippen molar-refractivity contribution in [2.45, 2.75) is 6.92 Å². The Bertz CT molecular complexity index is 1100. The average molecular weight is 360 g/mol. The zero-order valence-electron chi connectivity index (χ0n) is 15.4. The molecule has 2 heterocycles. The lowest BCUT2D eigenvalue weighted by Gasteiger charge is -2.11. The number of methoxy groups -OCH3 is 2. The number of hydrogen-bond acceptors (Lipinski definition) is 5. The average Bonchev–Trinajstić information content (AvgIpc) is 3.13. The molecule has 0 amide bonds. The molecular weight excluding hydrogens is 340 g/mol. The molecule has 6 heteroatoms. The number of benzene rings is 2. The summed E-state index contributed by atoms with van der Waals surface area (Å²) >= 11 is 0. The molecule has 4 rings (SSSR count). The van der Waals surface area contributed by atoms with Crippen molar-refractivity contribution in [1.82, 2.24) is 15.0 Å². The Labute approximate surface area is 157 Å². The number of rotatable bonds is 5. The van der Waals surface area contributed by atoms with E-state index in [1.54, 1.807) is 20.4 Å². The molecule has 0 saturated heterocycles.